The highest BCUT2D eigenvalue weighted by molar-refractivity contribution is 4.97. The molecule has 0 spiro atoms. The Morgan fingerprint density at radius 1 is 0.909 bits per heavy atom. The zero-order valence-corrected chi connectivity index (χ0v) is 12.2. The van der Waals surface area contributed by atoms with Gasteiger partial charge in [-0.1, -0.05) is 0 Å². The first-order valence-corrected chi connectivity index (χ1v) is 7.22. The minimum absolute atomic E-state index is 0.0242. The van der Waals surface area contributed by atoms with E-state index in [1.165, 1.54) is 7.11 Å². The molecule has 0 aliphatic carbocycles. The second kappa shape index (κ2) is 7.47. The van der Waals surface area contributed by atoms with Crippen LogP contribution in [0.1, 0.15) is 6.42 Å². The molecule has 0 bridgehead atoms. The highest BCUT2D eigenvalue weighted by Crippen LogP contribution is 2.35. The van der Waals surface area contributed by atoms with Crippen LogP contribution in [0.25, 0.3) is 0 Å². The van der Waals surface area contributed by atoms with Crippen LogP contribution in [0, 0.1) is 5.92 Å². The monoisotopic (exact) mass is 324 g/mol. The molecule has 0 aromatic heterocycles. The number of aliphatic hydroxyl groups is 6. The number of rotatable bonds is 4. The lowest BCUT2D eigenvalue weighted by Crippen LogP contribution is -2.62. The summed E-state index contributed by atoms with van der Waals surface area (Å²) in [6, 6.07) is 0. The van der Waals surface area contributed by atoms with Gasteiger partial charge in [0.2, 0.25) is 0 Å². The molecule has 0 aromatic rings. The largest absolute Gasteiger partial charge is 0.394 e. The molecule has 2 heterocycles. The third-order valence-corrected chi connectivity index (χ3v) is 4.38. The summed E-state index contributed by atoms with van der Waals surface area (Å²) in [7, 11) is 1.30. The normalized spacial score (nSPS) is 50.0. The molecule has 0 unspecified atom stereocenters. The highest BCUT2D eigenvalue weighted by atomic mass is 16.7. The molecule has 130 valence electrons. The molecule has 2 saturated heterocycles. The highest BCUT2D eigenvalue weighted by Gasteiger charge is 2.51. The van der Waals surface area contributed by atoms with Crippen molar-refractivity contribution in [3.8, 4) is 0 Å². The quantitative estimate of drug-likeness (QED) is 0.310. The van der Waals surface area contributed by atoms with Crippen molar-refractivity contribution in [1.82, 2.24) is 0 Å². The number of ether oxygens (including phenoxy) is 3. The van der Waals surface area contributed by atoms with E-state index < -0.39 is 68.1 Å². The van der Waals surface area contributed by atoms with Crippen molar-refractivity contribution < 1.29 is 44.8 Å². The zero-order chi connectivity index (χ0) is 16.4. The lowest BCUT2D eigenvalue weighted by atomic mass is 9.80. The van der Waals surface area contributed by atoms with Crippen LogP contribution in [-0.4, -0.2) is 100.0 Å². The van der Waals surface area contributed by atoms with E-state index in [1.54, 1.807) is 0 Å². The van der Waals surface area contributed by atoms with Gasteiger partial charge in [0.1, 0.15) is 18.3 Å². The molecule has 0 amide bonds. The van der Waals surface area contributed by atoms with E-state index in [1.807, 2.05) is 0 Å². The van der Waals surface area contributed by atoms with E-state index in [2.05, 4.69) is 0 Å². The summed E-state index contributed by atoms with van der Waals surface area (Å²) >= 11 is 0. The zero-order valence-electron chi connectivity index (χ0n) is 12.2. The molecular weight excluding hydrogens is 300 g/mol. The van der Waals surface area contributed by atoms with Crippen LogP contribution in [0.3, 0.4) is 0 Å². The van der Waals surface area contributed by atoms with Gasteiger partial charge in [-0.05, 0) is 0 Å². The van der Waals surface area contributed by atoms with Gasteiger partial charge in [0.05, 0.1) is 37.6 Å². The molecule has 9 heteroatoms. The van der Waals surface area contributed by atoms with Crippen LogP contribution in [0.4, 0.5) is 0 Å². The Morgan fingerprint density at radius 3 is 2.09 bits per heavy atom. The number of hydrogen-bond acceptors (Lipinski definition) is 9. The van der Waals surface area contributed by atoms with Crippen molar-refractivity contribution in [3.63, 3.8) is 0 Å². The topological polar surface area (TPSA) is 149 Å². The lowest BCUT2D eigenvalue weighted by Gasteiger charge is -2.47. The van der Waals surface area contributed by atoms with E-state index in [0.29, 0.717) is 0 Å². The Hall–Kier alpha value is -0.360. The van der Waals surface area contributed by atoms with Crippen LogP contribution in [0.15, 0.2) is 0 Å². The Balaban J connectivity index is 2.17. The summed E-state index contributed by atoms with van der Waals surface area (Å²) in [4.78, 5) is 0. The van der Waals surface area contributed by atoms with Crippen molar-refractivity contribution in [2.45, 2.75) is 55.4 Å². The summed E-state index contributed by atoms with van der Waals surface area (Å²) in [5.74, 6) is -0.845. The summed E-state index contributed by atoms with van der Waals surface area (Å²) in [5, 5.41) is 58.6. The minimum atomic E-state index is -1.35. The van der Waals surface area contributed by atoms with Gasteiger partial charge in [-0.3, -0.25) is 0 Å². The van der Waals surface area contributed by atoms with Gasteiger partial charge in [-0.25, -0.2) is 0 Å². The fraction of sp³-hybridized carbons (Fsp3) is 1.00. The van der Waals surface area contributed by atoms with Crippen molar-refractivity contribution in [2.75, 3.05) is 20.3 Å². The number of hydrogen-bond donors (Lipinski definition) is 6. The molecule has 0 radical (unpaired) electrons. The molecule has 2 aliphatic rings. The Labute approximate surface area is 127 Å². The summed E-state index contributed by atoms with van der Waals surface area (Å²) in [6.07, 6.45) is -8.88. The summed E-state index contributed by atoms with van der Waals surface area (Å²) in [6.45, 7) is -0.956. The first-order chi connectivity index (χ1) is 10.4. The van der Waals surface area contributed by atoms with E-state index >= 15 is 0 Å². The maximum atomic E-state index is 10.3. The first kappa shape index (κ1) is 18.0. The third kappa shape index (κ3) is 3.28. The molecule has 0 saturated carbocycles. The molecule has 9 nitrogen and oxygen atoms in total. The molecule has 2 aliphatic heterocycles. The van der Waals surface area contributed by atoms with E-state index in [-0.39, 0.29) is 6.42 Å². The van der Waals surface area contributed by atoms with Gasteiger partial charge >= 0.3 is 0 Å². The minimum Gasteiger partial charge on any atom is -0.394 e. The molecule has 2 rings (SSSR count). The van der Waals surface area contributed by atoms with E-state index in [0.717, 1.165) is 0 Å². The SMILES string of the molecule is CO[C@H]1O[C@H](CO)[C@@H]([C@H]2C[C@@H](O)[C@H](O)[C@@H](CO)O2)[C@H](O)[C@H]1O. The predicted octanol–water partition coefficient (Wildman–Crippen LogP) is -3.44. The van der Waals surface area contributed by atoms with Crippen molar-refractivity contribution in [1.29, 1.82) is 0 Å². The first-order valence-electron chi connectivity index (χ1n) is 7.22. The van der Waals surface area contributed by atoms with Crippen LogP contribution >= 0.6 is 0 Å². The van der Waals surface area contributed by atoms with Gasteiger partial charge in [0.15, 0.2) is 6.29 Å². The smallest absolute Gasteiger partial charge is 0.186 e. The maximum absolute atomic E-state index is 10.3. The van der Waals surface area contributed by atoms with Gasteiger partial charge < -0.3 is 44.8 Å². The predicted molar refractivity (Wildman–Crippen MR) is 70.6 cm³/mol. The second-order valence-electron chi connectivity index (χ2n) is 5.71. The number of aliphatic hydroxyl groups excluding tert-OH is 6. The molecule has 9 atom stereocenters. The Bertz CT molecular complexity index is 352. The van der Waals surface area contributed by atoms with Gasteiger partial charge in [-0.15, -0.1) is 0 Å². The van der Waals surface area contributed by atoms with Crippen LogP contribution in [-0.2, 0) is 14.2 Å². The average Bonchev–Trinajstić information content (AvgIpc) is 2.52. The fourth-order valence-electron chi connectivity index (χ4n) is 3.16. The summed E-state index contributed by atoms with van der Waals surface area (Å²) in [5.41, 5.74) is 0. The Morgan fingerprint density at radius 2 is 1.55 bits per heavy atom. The molecule has 0 aromatic carbocycles. The van der Waals surface area contributed by atoms with Crippen molar-refractivity contribution >= 4 is 0 Å². The van der Waals surface area contributed by atoms with Gasteiger partial charge in [0, 0.05) is 19.4 Å². The summed E-state index contributed by atoms with van der Waals surface area (Å²) < 4.78 is 15.8. The van der Waals surface area contributed by atoms with Crippen molar-refractivity contribution in [2.24, 2.45) is 5.92 Å². The van der Waals surface area contributed by atoms with Gasteiger partial charge in [-0.2, -0.15) is 0 Å². The van der Waals surface area contributed by atoms with Crippen LogP contribution in [0.2, 0.25) is 0 Å². The molecule has 22 heavy (non-hydrogen) atoms. The average molecular weight is 324 g/mol. The Kier molecular flexibility index (Phi) is 6.11. The molecular formula is C13H24O9. The van der Waals surface area contributed by atoms with E-state index in [9.17, 15) is 30.6 Å². The molecule has 2 fully saturated rings. The van der Waals surface area contributed by atoms with Crippen LogP contribution < -0.4 is 0 Å². The standard InChI is InChI=1S/C13H24O9/c1-20-13-12(19)11(18)9(7(3-14)22-13)6-2-5(16)10(17)8(4-15)21-6/h5-19H,2-4H2,1H3/t5-,6-,7-,8-,9-,10+,11+,12-,13+/m1/s1. The molecule has 6 N–H and O–H groups in total. The lowest BCUT2D eigenvalue weighted by molar-refractivity contribution is -0.307. The van der Waals surface area contributed by atoms with E-state index in [4.69, 9.17) is 14.2 Å². The third-order valence-electron chi connectivity index (χ3n) is 4.38. The fourth-order valence-corrected chi connectivity index (χ4v) is 3.16. The number of methoxy groups -OCH3 is 1. The second-order valence-corrected chi connectivity index (χ2v) is 5.71. The van der Waals surface area contributed by atoms with Crippen molar-refractivity contribution in [3.05, 3.63) is 0 Å². The maximum Gasteiger partial charge on any atom is 0.186 e. The van der Waals surface area contributed by atoms with Crippen LogP contribution in [0.5, 0.6) is 0 Å². The van der Waals surface area contributed by atoms with Gasteiger partial charge in [0.25, 0.3) is 0 Å².